The van der Waals surface area contributed by atoms with Gasteiger partial charge in [0.05, 0.1) is 0 Å². The van der Waals surface area contributed by atoms with Crippen LogP contribution in [0.15, 0.2) is 0 Å². The van der Waals surface area contributed by atoms with Crippen LogP contribution in [0.5, 0.6) is 0 Å². The summed E-state index contributed by atoms with van der Waals surface area (Å²) < 4.78 is 6.89. The molecule has 2 atom stereocenters. The van der Waals surface area contributed by atoms with Crippen molar-refractivity contribution in [2.45, 2.75) is 39.9 Å². The quantitative estimate of drug-likeness (QED) is 0.603. The van der Waals surface area contributed by atoms with E-state index in [4.69, 9.17) is 1.37 Å². The van der Waals surface area contributed by atoms with Crippen LogP contribution in [0.1, 0.15) is 36.0 Å². The summed E-state index contributed by atoms with van der Waals surface area (Å²) in [6.45, 7) is 2.13. The molecule has 0 amide bonds. The van der Waals surface area contributed by atoms with Gasteiger partial charge in [-0.15, -0.1) is 0 Å². The molecule has 0 aromatic rings. The fraction of sp³-hybridized carbons (Fsp3) is 0.889. The summed E-state index contributed by atoms with van der Waals surface area (Å²) in [6.07, 6.45) is 1.70. The molecule has 0 radical (unpaired) electrons. The summed E-state index contributed by atoms with van der Waals surface area (Å²) in [4.78, 5) is 10.6. The number of hydrogen-bond acceptors (Lipinski definition) is 2. The lowest BCUT2D eigenvalue weighted by Crippen LogP contribution is -2.00. The Bertz CT molecular complexity index is 138. The lowest BCUT2D eigenvalue weighted by Gasteiger charge is -2.00. The van der Waals surface area contributed by atoms with E-state index >= 15 is 0 Å². The van der Waals surface area contributed by atoms with Gasteiger partial charge in [0.1, 0.15) is 7.63 Å². The number of aldehydes is 1. The highest BCUT2D eigenvalue weighted by Gasteiger charge is 2.22. The second-order valence-electron chi connectivity index (χ2n) is 2.41. The third-order valence-corrected chi connectivity index (χ3v) is 3.29. The van der Waals surface area contributed by atoms with E-state index in [2.05, 4.69) is 6.92 Å². The highest BCUT2D eigenvalue weighted by atomic mass is 32.2. The fourth-order valence-corrected chi connectivity index (χ4v) is 2.38. The molecule has 1 fully saturated rings. The summed E-state index contributed by atoms with van der Waals surface area (Å²) in [7, 11) is 0. The van der Waals surface area contributed by atoms with E-state index in [-0.39, 0.29) is 27.0 Å². The van der Waals surface area contributed by atoms with Crippen molar-refractivity contribution in [2.75, 3.05) is 5.75 Å². The first kappa shape index (κ1) is 11.0. The first-order valence-electron chi connectivity index (χ1n) is 3.86. The molecule has 0 aromatic heterocycles. The van der Waals surface area contributed by atoms with Crippen molar-refractivity contribution >= 4 is 18.0 Å². The number of thioether (sulfide) groups is 1. The molecule has 0 spiro atoms. The third kappa shape index (κ3) is 3.80. The highest BCUT2D eigenvalue weighted by molar-refractivity contribution is 8.00. The van der Waals surface area contributed by atoms with Crippen LogP contribution in [0.3, 0.4) is 0 Å². The maximum absolute atomic E-state index is 10.6. The van der Waals surface area contributed by atoms with E-state index in [0.29, 0.717) is 5.25 Å². The first-order chi connectivity index (χ1) is 4.74. The molecule has 1 rings (SSSR count). The molecular formula is C9H20OS. The summed E-state index contributed by atoms with van der Waals surface area (Å²) >= 11 is 1.84. The molecule has 68 valence electrons. The van der Waals surface area contributed by atoms with Crippen LogP contribution in [-0.4, -0.2) is 17.3 Å². The third-order valence-electron chi connectivity index (χ3n) is 1.70. The van der Waals surface area contributed by atoms with Crippen molar-refractivity contribution in [3.05, 3.63) is 0 Å². The van der Waals surface area contributed by atoms with Gasteiger partial charge in [0.2, 0.25) is 0 Å². The molecule has 11 heavy (non-hydrogen) atoms. The average molecular weight is 177 g/mol. The number of rotatable bonds is 2. The molecule has 0 aliphatic carbocycles. The van der Waals surface area contributed by atoms with Crippen molar-refractivity contribution in [3.63, 3.8) is 0 Å². The molecule has 0 aromatic carbocycles. The molecule has 2 unspecified atom stereocenters. The monoisotopic (exact) mass is 177 g/mol. The van der Waals surface area contributed by atoms with Crippen LogP contribution in [0.25, 0.3) is 0 Å². The van der Waals surface area contributed by atoms with Crippen molar-refractivity contribution < 1.29 is 6.17 Å². The summed E-state index contributed by atoms with van der Waals surface area (Å²) in [5.41, 5.74) is 0. The Labute approximate surface area is 76.4 Å². The number of hydrogen-bond donors (Lipinski definition) is 0. The van der Waals surface area contributed by atoms with Gasteiger partial charge in [-0.25, -0.2) is 0 Å². The minimum absolute atomic E-state index is 0. The molecule has 1 aliphatic heterocycles. The minimum atomic E-state index is -0.372. The van der Waals surface area contributed by atoms with Crippen LogP contribution in [0, 0.1) is 5.92 Å². The Hall–Kier alpha value is 0.0200. The molecule has 0 N–H and O–H groups in total. The van der Waals surface area contributed by atoms with Crippen LogP contribution < -0.4 is 0 Å². The maximum Gasteiger partial charge on any atom is 0.123 e. The molecule has 1 saturated heterocycles. The van der Waals surface area contributed by atoms with E-state index in [9.17, 15) is 4.79 Å². The second kappa shape index (κ2) is 6.71. The molecule has 2 heteroatoms. The first-order valence-corrected chi connectivity index (χ1v) is 4.41. The Morgan fingerprint density at radius 3 is 2.64 bits per heavy atom. The Morgan fingerprint density at radius 1 is 1.73 bits per heavy atom. The normalized spacial score (nSPS) is 29.7. The molecule has 1 nitrogen and oxygen atoms in total. The summed E-state index contributed by atoms with van der Waals surface area (Å²) in [6, 6.07) is 0. The van der Waals surface area contributed by atoms with Gasteiger partial charge >= 0.3 is 0 Å². The maximum atomic E-state index is 10.6. The van der Waals surface area contributed by atoms with Crippen molar-refractivity contribution in [3.8, 4) is 0 Å². The zero-order valence-electron chi connectivity index (χ0n) is 6.59. The van der Waals surface area contributed by atoms with Gasteiger partial charge in [-0.1, -0.05) is 21.8 Å². The van der Waals surface area contributed by atoms with E-state index in [1.54, 1.807) is 0 Å². The minimum Gasteiger partial charge on any atom is -0.303 e. The Morgan fingerprint density at radius 2 is 2.36 bits per heavy atom. The SMILES string of the molecule is C.C.[2H]C(=O)C1CSC(CC)C1. The van der Waals surface area contributed by atoms with Gasteiger partial charge in [0, 0.05) is 16.9 Å². The zero-order chi connectivity index (χ0) is 7.56. The number of carbonyl (C=O) groups is 1. The van der Waals surface area contributed by atoms with Crippen LogP contribution in [-0.2, 0) is 4.79 Å². The predicted octanol–water partition coefficient (Wildman–Crippen LogP) is 2.99. The molecule has 1 heterocycles. The lowest BCUT2D eigenvalue weighted by atomic mass is 10.1. The number of carbonyl (C=O) groups excluding carboxylic acids is 1. The smallest absolute Gasteiger partial charge is 0.123 e. The standard InChI is InChI=1S/C7H12OS.2CH4/c1-2-7-3-6(4-8)5-9-7;;/h4,6-7H,2-3,5H2,1H3;2*1H4/i4D;;. The van der Waals surface area contributed by atoms with Gasteiger partial charge in [0.25, 0.3) is 0 Å². The highest BCUT2D eigenvalue weighted by Crippen LogP contribution is 2.31. The van der Waals surface area contributed by atoms with E-state index in [1.807, 2.05) is 11.8 Å². The predicted molar refractivity (Wildman–Crippen MR) is 54.2 cm³/mol. The van der Waals surface area contributed by atoms with Crippen LogP contribution in [0.4, 0.5) is 0 Å². The average Bonchev–Trinajstić information content (AvgIpc) is 2.34. The van der Waals surface area contributed by atoms with Gasteiger partial charge in [-0.3, -0.25) is 0 Å². The van der Waals surface area contributed by atoms with Crippen LogP contribution >= 0.6 is 11.8 Å². The zero-order valence-corrected chi connectivity index (χ0v) is 6.41. The summed E-state index contributed by atoms with van der Waals surface area (Å²) in [5, 5.41) is 0.638. The second-order valence-corrected chi connectivity index (χ2v) is 3.75. The van der Waals surface area contributed by atoms with Gasteiger partial charge in [-0.2, -0.15) is 11.8 Å². The van der Waals surface area contributed by atoms with E-state index in [1.165, 1.54) is 0 Å². The Kier molecular flexibility index (Phi) is 6.73. The van der Waals surface area contributed by atoms with E-state index < -0.39 is 0 Å². The lowest BCUT2D eigenvalue weighted by molar-refractivity contribution is -0.110. The van der Waals surface area contributed by atoms with Crippen LogP contribution in [0.2, 0.25) is 0 Å². The summed E-state index contributed by atoms with van der Waals surface area (Å²) in [5.74, 6) is 0.913. The topological polar surface area (TPSA) is 17.1 Å². The van der Waals surface area contributed by atoms with E-state index in [0.717, 1.165) is 18.6 Å². The fourth-order valence-electron chi connectivity index (χ4n) is 1.07. The largest absolute Gasteiger partial charge is 0.303 e. The van der Waals surface area contributed by atoms with Gasteiger partial charge in [0.15, 0.2) is 0 Å². The van der Waals surface area contributed by atoms with Gasteiger partial charge < -0.3 is 4.79 Å². The van der Waals surface area contributed by atoms with Gasteiger partial charge in [-0.05, 0) is 12.8 Å². The molecular weight excluding hydrogens is 156 g/mol. The Balaban J connectivity index is 0. The molecule has 0 saturated carbocycles. The van der Waals surface area contributed by atoms with Crippen molar-refractivity contribution in [1.29, 1.82) is 0 Å². The van der Waals surface area contributed by atoms with Crippen molar-refractivity contribution in [2.24, 2.45) is 5.92 Å². The molecule has 1 aliphatic rings. The molecule has 0 bridgehead atoms. The van der Waals surface area contributed by atoms with Crippen molar-refractivity contribution in [1.82, 2.24) is 0 Å².